The molecule has 2 aliphatic heterocycles. The topological polar surface area (TPSA) is 60.0 Å². The molecule has 7 heteroatoms. The van der Waals surface area contributed by atoms with E-state index < -0.39 is 0 Å². The lowest BCUT2D eigenvalue weighted by Gasteiger charge is -2.40. The molecule has 0 saturated carbocycles. The molecule has 2 aliphatic rings. The van der Waals surface area contributed by atoms with Crippen LogP contribution >= 0.6 is 0 Å². The van der Waals surface area contributed by atoms with Crippen molar-refractivity contribution in [2.45, 2.75) is 18.9 Å². The molecule has 2 saturated heterocycles. The summed E-state index contributed by atoms with van der Waals surface area (Å²) in [6.07, 6.45) is 3.94. The molecular formula is C19H26N4O3. The molecule has 0 bridgehead atoms. The smallest absolute Gasteiger partial charge is 0.162 e. The van der Waals surface area contributed by atoms with E-state index in [0.717, 1.165) is 69.0 Å². The Labute approximate surface area is 153 Å². The van der Waals surface area contributed by atoms with Gasteiger partial charge in [-0.15, -0.1) is 0 Å². The van der Waals surface area contributed by atoms with Gasteiger partial charge in [0.1, 0.15) is 12.1 Å². The van der Waals surface area contributed by atoms with Gasteiger partial charge in [-0.2, -0.15) is 0 Å². The number of morpholine rings is 1. The molecule has 2 fully saturated rings. The molecule has 26 heavy (non-hydrogen) atoms. The van der Waals surface area contributed by atoms with Crippen LogP contribution in [0.2, 0.25) is 0 Å². The van der Waals surface area contributed by atoms with Crippen molar-refractivity contribution < 1.29 is 14.2 Å². The molecular weight excluding hydrogens is 332 g/mol. The molecule has 0 unspecified atom stereocenters. The molecule has 0 atom stereocenters. The van der Waals surface area contributed by atoms with Crippen LogP contribution < -0.4 is 14.4 Å². The Balaban J connectivity index is 1.55. The van der Waals surface area contributed by atoms with Crippen molar-refractivity contribution in [2.24, 2.45) is 0 Å². The monoisotopic (exact) mass is 358 g/mol. The molecule has 2 aromatic rings. The van der Waals surface area contributed by atoms with Gasteiger partial charge in [-0.05, 0) is 18.9 Å². The molecule has 0 spiro atoms. The fraction of sp³-hybridized carbons (Fsp3) is 0.579. The largest absolute Gasteiger partial charge is 0.493 e. The molecule has 0 radical (unpaired) electrons. The van der Waals surface area contributed by atoms with E-state index in [-0.39, 0.29) is 0 Å². The lowest BCUT2D eigenvalue weighted by molar-refractivity contribution is 0.0115. The number of methoxy groups -OCH3 is 2. The van der Waals surface area contributed by atoms with E-state index in [4.69, 9.17) is 14.2 Å². The summed E-state index contributed by atoms with van der Waals surface area (Å²) in [5, 5.41) is 1.01. The Kier molecular flexibility index (Phi) is 5.08. The average molecular weight is 358 g/mol. The van der Waals surface area contributed by atoms with Crippen LogP contribution in [0.1, 0.15) is 12.8 Å². The first kappa shape index (κ1) is 17.3. The van der Waals surface area contributed by atoms with E-state index in [1.54, 1.807) is 20.5 Å². The number of ether oxygens (including phenoxy) is 3. The number of hydrogen-bond donors (Lipinski definition) is 0. The molecule has 3 heterocycles. The molecule has 7 nitrogen and oxygen atoms in total. The molecule has 1 aromatic heterocycles. The van der Waals surface area contributed by atoms with Crippen LogP contribution in [-0.2, 0) is 4.74 Å². The van der Waals surface area contributed by atoms with Gasteiger partial charge in [0.05, 0.1) is 33.0 Å². The highest BCUT2D eigenvalue weighted by molar-refractivity contribution is 5.92. The Bertz CT molecular complexity index is 756. The number of anilines is 1. The van der Waals surface area contributed by atoms with Crippen LogP contribution in [0, 0.1) is 0 Å². The zero-order valence-electron chi connectivity index (χ0n) is 15.5. The maximum absolute atomic E-state index is 5.48. The van der Waals surface area contributed by atoms with E-state index in [9.17, 15) is 0 Å². The van der Waals surface area contributed by atoms with Crippen LogP contribution in [-0.4, -0.2) is 74.5 Å². The normalized spacial score (nSPS) is 19.7. The minimum absolute atomic E-state index is 0.651. The SMILES string of the molecule is COc1cc2ncnc(N3CCC(N4CCOCC4)CC3)c2cc1OC. The van der Waals surface area contributed by atoms with Gasteiger partial charge in [-0.25, -0.2) is 9.97 Å². The minimum Gasteiger partial charge on any atom is -0.493 e. The van der Waals surface area contributed by atoms with Crippen LogP contribution in [0.15, 0.2) is 18.5 Å². The predicted octanol–water partition coefficient (Wildman–Crippen LogP) is 1.95. The fourth-order valence-electron chi connectivity index (χ4n) is 4.01. The third-order valence-electron chi connectivity index (χ3n) is 5.45. The summed E-state index contributed by atoms with van der Waals surface area (Å²) < 4.78 is 16.3. The maximum Gasteiger partial charge on any atom is 0.162 e. The molecule has 140 valence electrons. The van der Waals surface area contributed by atoms with Gasteiger partial charge in [0.15, 0.2) is 11.5 Å². The molecule has 0 amide bonds. The zero-order chi connectivity index (χ0) is 17.9. The van der Waals surface area contributed by atoms with Crippen molar-refractivity contribution in [2.75, 3.05) is 58.5 Å². The van der Waals surface area contributed by atoms with E-state index in [2.05, 4.69) is 19.8 Å². The molecule has 0 N–H and O–H groups in total. The summed E-state index contributed by atoms with van der Waals surface area (Å²) in [6, 6.07) is 4.55. The summed E-state index contributed by atoms with van der Waals surface area (Å²) in [7, 11) is 3.29. The predicted molar refractivity (Wildman–Crippen MR) is 100 cm³/mol. The number of rotatable bonds is 4. The highest BCUT2D eigenvalue weighted by Gasteiger charge is 2.27. The average Bonchev–Trinajstić information content (AvgIpc) is 2.73. The maximum atomic E-state index is 5.48. The van der Waals surface area contributed by atoms with Crippen LogP contribution in [0.5, 0.6) is 11.5 Å². The van der Waals surface area contributed by atoms with E-state index >= 15 is 0 Å². The minimum atomic E-state index is 0.651. The van der Waals surface area contributed by atoms with Crippen LogP contribution in [0.4, 0.5) is 5.82 Å². The summed E-state index contributed by atoms with van der Waals surface area (Å²) in [5.41, 5.74) is 0.878. The number of piperidine rings is 1. The first-order valence-electron chi connectivity index (χ1n) is 9.23. The number of hydrogen-bond acceptors (Lipinski definition) is 7. The number of fused-ring (bicyclic) bond motifs is 1. The molecule has 4 rings (SSSR count). The third kappa shape index (κ3) is 3.29. The van der Waals surface area contributed by atoms with Crippen molar-refractivity contribution >= 4 is 16.7 Å². The van der Waals surface area contributed by atoms with Crippen molar-refractivity contribution in [3.05, 3.63) is 18.5 Å². The van der Waals surface area contributed by atoms with Gasteiger partial charge < -0.3 is 19.1 Å². The van der Waals surface area contributed by atoms with E-state index in [1.807, 2.05) is 12.1 Å². The van der Waals surface area contributed by atoms with Gasteiger partial charge in [-0.3, -0.25) is 4.90 Å². The van der Waals surface area contributed by atoms with Gasteiger partial charge in [0.2, 0.25) is 0 Å². The zero-order valence-corrected chi connectivity index (χ0v) is 15.5. The summed E-state index contributed by atoms with van der Waals surface area (Å²) in [5.74, 6) is 2.38. The van der Waals surface area contributed by atoms with E-state index in [1.165, 1.54) is 0 Å². The Morgan fingerprint density at radius 3 is 2.35 bits per heavy atom. The van der Waals surface area contributed by atoms with Crippen molar-refractivity contribution in [1.29, 1.82) is 0 Å². The molecule has 1 aromatic carbocycles. The van der Waals surface area contributed by atoms with Crippen LogP contribution in [0.3, 0.4) is 0 Å². The first-order chi connectivity index (χ1) is 12.8. The second kappa shape index (κ2) is 7.63. The van der Waals surface area contributed by atoms with Gasteiger partial charge >= 0.3 is 0 Å². The number of benzene rings is 1. The highest BCUT2D eigenvalue weighted by Crippen LogP contribution is 2.35. The number of nitrogens with zero attached hydrogens (tertiary/aromatic N) is 4. The highest BCUT2D eigenvalue weighted by atomic mass is 16.5. The third-order valence-corrected chi connectivity index (χ3v) is 5.45. The van der Waals surface area contributed by atoms with Gasteiger partial charge in [0, 0.05) is 43.7 Å². The Hall–Kier alpha value is -2.12. The number of aromatic nitrogens is 2. The summed E-state index contributed by atoms with van der Waals surface area (Å²) in [4.78, 5) is 13.9. The molecule has 0 aliphatic carbocycles. The van der Waals surface area contributed by atoms with Crippen LogP contribution in [0.25, 0.3) is 10.9 Å². The summed E-state index contributed by atoms with van der Waals surface area (Å²) in [6.45, 7) is 5.83. The first-order valence-corrected chi connectivity index (χ1v) is 9.23. The fourth-order valence-corrected chi connectivity index (χ4v) is 4.01. The van der Waals surface area contributed by atoms with Crippen molar-refractivity contribution in [3.63, 3.8) is 0 Å². The lowest BCUT2D eigenvalue weighted by atomic mass is 10.0. The Morgan fingerprint density at radius 1 is 0.962 bits per heavy atom. The second-order valence-corrected chi connectivity index (χ2v) is 6.79. The van der Waals surface area contributed by atoms with Gasteiger partial charge in [0.25, 0.3) is 0 Å². The quantitative estimate of drug-likeness (QED) is 0.828. The van der Waals surface area contributed by atoms with E-state index in [0.29, 0.717) is 17.5 Å². The standard InChI is InChI=1S/C19H26N4O3/c1-24-17-11-15-16(12-18(17)25-2)20-13-21-19(15)23-5-3-14(4-6-23)22-7-9-26-10-8-22/h11-14H,3-10H2,1-2H3. The second-order valence-electron chi connectivity index (χ2n) is 6.79. The summed E-state index contributed by atoms with van der Waals surface area (Å²) >= 11 is 0. The van der Waals surface area contributed by atoms with Crippen molar-refractivity contribution in [3.8, 4) is 11.5 Å². The van der Waals surface area contributed by atoms with Crippen molar-refractivity contribution in [1.82, 2.24) is 14.9 Å². The lowest BCUT2D eigenvalue weighted by Crippen LogP contribution is -2.49. The van der Waals surface area contributed by atoms with Gasteiger partial charge in [-0.1, -0.05) is 0 Å². The Morgan fingerprint density at radius 2 is 1.65 bits per heavy atom.